The summed E-state index contributed by atoms with van der Waals surface area (Å²) in [5.74, 6) is -1.72. The molecule has 0 aromatic carbocycles. The van der Waals surface area contributed by atoms with Crippen LogP contribution in [0.3, 0.4) is 0 Å². The van der Waals surface area contributed by atoms with Crippen LogP contribution in [0.2, 0.25) is 0 Å². The Bertz CT molecular complexity index is 365. The van der Waals surface area contributed by atoms with Crippen LogP contribution in [0.5, 0.6) is 0 Å². The molecule has 2 aliphatic heterocycles. The van der Waals surface area contributed by atoms with Gasteiger partial charge in [-0.1, -0.05) is 0 Å². The third kappa shape index (κ3) is 1.34. The summed E-state index contributed by atoms with van der Waals surface area (Å²) in [7, 11) is 0. The van der Waals surface area contributed by atoms with Crippen LogP contribution in [-0.2, 0) is 14.4 Å². The van der Waals surface area contributed by atoms with Crippen LogP contribution in [0.1, 0.15) is 32.6 Å². The first kappa shape index (κ1) is 11.1. The normalized spacial score (nSPS) is 33.3. The largest absolute Gasteiger partial charge is 0.481 e. The molecule has 0 saturated carbocycles. The topological polar surface area (TPSA) is 74.7 Å². The van der Waals surface area contributed by atoms with Gasteiger partial charge in [0, 0.05) is 13.0 Å². The number of carboxylic acid groups (broad SMARTS) is 1. The van der Waals surface area contributed by atoms with Crippen molar-refractivity contribution in [3.05, 3.63) is 0 Å². The number of hydrogen-bond acceptors (Lipinski definition) is 3. The molecule has 0 spiro atoms. The number of carbonyl (C=O) groups is 3. The fourth-order valence-electron chi connectivity index (χ4n) is 2.90. The highest BCUT2D eigenvalue weighted by molar-refractivity contribution is 6.13. The number of hydrogen-bond donors (Lipinski definition) is 1. The van der Waals surface area contributed by atoms with E-state index in [0.717, 1.165) is 6.42 Å². The summed E-state index contributed by atoms with van der Waals surface area (Å²) in [6.45, 7) is 2.21. The Kier molecular flexibility index (Phi) is 2.48. The summed E-state index contributed by atoms with van der Waals surface area (Å²) in [5, 5.41) is 8.69. The van der Waals surface area contributed by atoms with E-state index in [0.29, 0.717) is 13.0 Å². The van der Waals surface area contributed by atoms with E-state index >= 15 is 0 Å². The van der Waals surface area contributed by atoms with Crippen molar-refractivity contribution in [2.75, 3.05) is 6.54 Å². The molecule has 16 heavy (non-hydrogen) atoms. The summed E-state index contributed by atoms with van der Waals surface area (Å²) in [5.41, 5.74) is -0.797. The Hall–Kier alpha value is -1.39. The Labute approximate surface area is 93.4 Å². The second kappa shape index (κ2) is 3.57. The minimum Gasteiger partial charge on any atom is -0.481 e. The van der Waals surface area contributed by atoms with Gasteiger partial charge in [-0.15, -0.1) is 0 Å². The molecule has 2 fully saturated rings. The minimum absolute atomic E-state index is 0.0533. The van der Waals surface area contributed by atoms with Crippen molar-refractivity contribution in [1.82, 2.24) is 4.90 Å². The first-order chi connectivity index (χ1) is 7.49. The average molecular weight is 225 g/mol. The van der Waals surface area contributed by atoms with Crippen molar-refractivity contribution < 1.29 is 19.5 Å². The molecular formula is C11H15NO4. The van der Waals surface area contributed by atoms with Gasteiger partial charge in [0.25, 0.3) is 0 Å². The molecule has 1 amide bonds. The van der Waals surface area contributed by atoms with E-state index in [1.165, 1.54) is 0 Å². The fraction of sp³-hybridized carbons (Fsp3) is 0.727. The van der Waals surface area contributed by atoms with Crippen molar-refractivity contribution in [3.63, 3.8) is 0 Å². The summed E-state index contributed by atoms with van der Waals surface area (Å²) in [6, 6.07) is 0. The predicted molar refractivity (Wildman–Crippen MR) is 54.7 cm³/mol. The van der Waals surface area contributed by atoms with Crippen LogP contribution in [0.4, 0.5) is 0 Å². The zero-order chi connectivity index (χ0) is 11.9. The molecule has 2 atom stereocenters. The van der Waals surface area contributed by atoms with Crippen molar-refractivity contribution in [1.29, 1.82) is 0 Å². The molecule has 2 heterocycles. The highest BCUT2D eigenvalue weighted by Crippen LogP contribution is 2.42. The molecule has 2 rings (SSSR count). The zero-order valence-corrected chi connectivity index (χ0v) is 9.23. The molecule has 1 N–H and O–H groups in total. The molecular weight excluding hydrogens is 210 g/mol. The van der Waals surface area contributed by atoms with E-state index in [4.69, 9.17) is 5.11 Å². The minimum atomic E-state index is -0.916. The van der Waals surface area contributed by atoms with Gasteiger partial charge in [-0.25, -0.2) is 0 Å². The van der Waals surface area contributed by atoms with E-state index in [1.54, 1.807) is 11.8 Å². The molecule has 5 heteroatoms. The summed E-state index contributed by atoms with van der Waals surface area (Å²) in [6.07, 6.45) is 1.62. The number of rotatable bonds is 3. The molecule has 5 nitrogen and oxygen atoms in total. The third-order valence-electron chi connectivity index (χ3n) is 3.73. The molecule has 2 aliphatic rings. The summed E-state index contributed by atoms with van der Waals surface area (Å²) in [4.78, 5) is 36.1. The van der Waals surface area contributed by atoms with Gasteiger partial charge in [0.1, 0.15) is 5.54 Å². The van der Waals surface area contributed by atoms with Gasteiger partial charge >= 0.3 is 5.97 Å². The van der Waals surface area contributed by atoms with Crippen molar-refractivity contribution in [2.45, 2.75) is 38.1 Å². The van der Waals surface area contributed by atoms with Crippen molar-refractivity contribution in [2.24, 2.45) is 5.92 Å². The van der Waals surface area contributed by atoms with E-state index < -0.39 is 17.4 Å². The first-order valence-corrected chi connectivity index (χ1v) is 5.56. The zero-order valence-electron chi connectivity index (χ0n) is 9.23. The predicted octanol–water partition coefficient (Wildman–Crippen LogP) is 0.431. The third-order valence-corrected chi connectivity index (χ3v) is 3.73. The van der Waals surface area contributed by atoms with E-state index in [9.17, 15) is 14.4 Å². The van der Waals surface area contributed by atoms with E-state index in [2.05, 4.69) is 0 Å². The maximum absolute atomic E-state index is 12.1. The Morgan fingerprint density at radius 1 is 1.56 bits per heavy atom. The first-order valence-electron chi connectivity index (χ1n) is 5.56. The summed E-state index contributed by atoms with van der Waals surface area (Å²) < 4.78 is 0. The van der Waals surface area contributed by atoms with Crippen LogP contribution in [0.15, 0.2) is 0 Å². The lowest BCUT2D eigenvalue weighted by Gasteiger charge is -2.29. The van der Waals surface area contributed by atoms with Crippen LogP contribution in [-0.4, -0.2) is 39.7 Å². The SMILES string of the molecule is CC1C(=O)N2CCC[C@]2(CCC(=O)O)C1=O. The lowest BCUT2D eigenvalue weighted by molar-refractivity contribution is -0.139. The smallest absolute Gasteiger partial charge is 0.303 e. The van der Waals surface area contributed by atoms with Crippen molar-refractivity contribution >= 4 is 17.7 Å². The number of fused-ring (bicyclic) bond motifs is 1. The highest BCUT2D eigenvalue weighted by Gasteiger charge is 2.58. The van der Waals surface area contributed by atoms with Gasteiger partial charge in [0.15, 0.2) is 5.78 Å². The summed E-state index contributed by atoms with van der Waals surface area (Å²) >= 11 is 0. The molecule has 0 bridgehead atoms. The number of carboxylic acids is 1. The molecule has 1 unspecified atom stereocenters. The van der Waals surface area contributed by atoms with Gasteiger partial charge < -0.3 is 10.0 Å². The Morgan fingerprint density at radius 2 is 2.25 bits per heavy atom. The lowest BCUT2D eigenvalue weighted by Crippen LogP contribution is -2.45. The maximum Gasteiger partial charge on any atom is 0.303 e. The number of Topliss-reactive ketones (excluding diaryl/α,β-unsaturated/α-hetero) is 1. The monoisotopic (exact) mass is 225 g/mol. The van der Waals surface area contributed by atoms with Gasteiger partial charge in [0.05, 0.1) is 5.92 Å². The number of amides is 1. The van der Waals surface area contributed by atoms with Gasteiger partial charge in [-0.05, 0) is 26.2 Å². The quantitative estimate of drug-likeness (QED) is 0.707. The Morgan fingerprint density at radius 3 is 2.88 bits per heavy atom. The Balaban J connectivity index is 2.25. The molecule has 0 radical (unpaired) electrons. The van der Waals surface area contributed by atoms with Crippen molar-refractivity contribution in [3.8, 4) is 0 Å². The number of nitrogens with zero attached hydrogens (tertiary/aromatic N) is 1. The average Bonchev–Trinajstić information content (AvgIpc) is 2.73. The molecule has 2 saturated heterocycles. The lowest BCUT2D eigenvalue weighted by atomic mass is 9.85. The fourth-order valence-corrected chi connectivity index (χ4v) is 2.90. The molecule has 0 aromatic heterocycles. The second-order valence-corrected chi connectivity index (χ2v) is 4.60. The molecule has 0 aliphatic carbocycles. The van der Waals surface area contributed by atoms with Crippen LogP contribution >= 0.6 is 0 Å². The van der Waals surface area contributed by atoms with E-state index in [1.807, 2.05) is 0 Å². The van der Waals surface area contributed by atoms with Gasteiger partial charge in [-0.2, -0.15) is 0 Å². The van der Waals surface area contributed by atoms with Gasteiger partial charge in [-0.3, -0.25) is 14.4 Å². The number of aliphatic carboxylic acids is 1. The highest BCUT2D eigenvalue weighted by atomic mass is 16.4. The standard InChI is InChI=1S/C11H15NO4/c1-7-9(15)11(5-3-8(13)14)4-2-6-12(11)10(7)16/h7H,2-6H2,1H3,(H,13,14)/t7?,11-/m0/s1. The second-order valence-electron chi connectivity index (χ2n) is 4.60. The van der Waals surface area contributed by atoms with E-state index in [-0.39, 0.29) is 24.5 Å². The number of carbonyl (C=O) groups excluding carboxylic acids is 2. The van der Waals surface area contributed by atoms with Crippen LogP contribution < -0.4 is 0 Å². The number of ketones is 1. The van der Waals surface area contributed by atoms with Crippen LogP contribution in [0.25, 0.3) is 0 Å². The van der Waals surface area contributed by atoms with Gasteiger partial charge in [0.2, 0.25) is 5.91 Å². The molecule has 0 aromatic rings. The maximum atomic E-state index is 12.1. The van der Waals surface area contributed by atoms with Crippen LogP contribution in [0, 0.1) is 5.92 Å². The molecule has 88 valence electrons.